The monoisotopic (exact) mass is 310 g/mol. The molecule has 0 atom stereocenters. The Morgan fingerprint density at radius 1 is 1.00 bits per heavy atom. The van der Waals surface area contributed by atoms with Crippen LogP contribution in [-0.2, 0) is 5.41 Å². The van der Waals surface area contributed by atoms with Crippen molar-refractivity contribution in [3.05, 3.63) is 45.9 Å². The Morgan fingerprint density at radius 2 is 1.62 bits per heavy atom. The zero-order valence-electron chi connectivity index (χ0n) is 12.7. The summed E-state index contributed by atoms with van der Waals surface area (Å²) < 4.78 is 28.0. The number of halogens is 3. The van der Waals surface area contributed by atoms with E-state index in [1.54, 1.807) is 6.92 Å². The van der Waals surface area contributed by atoms with Gasteiger partial charge < -0.3 is 0 Å². The van der Waals surface area contributed by atoms with Crippen LogP contribution < -0.4 is 0 Å². The molecule has 2 nitrogen and oxygen atoms in total. The first-order valence-corrected chi connectivity index (χ1v) is 7.00. The molecule has 1 aromatic heterocycles. The summed E-state index contributed by atoms with van der Waals surface area (Å²) in [7, 11) is 0. The van der Waals surface area contributed by atoms with Crippen molar-refractivity contribution >= 4 is 11.6 Å². The van der Waals surface area contributed by atoms with Gasteiger partial charge in [0, 0.05) is 16.5 Å². The predicted molar refractivity (Wildman–Crippen MR) is 80.6 cm³/mol. The van der Waals surface area contributed by atoms with Crippen LogP contribution in [0.2, 0.25) is 5.15 Å². The molecule has 2 rings (SSSR count). The number of hydrogen-bond donors (Lipinski definition) is 0. The molecule has 1 heterocycles. The van der Waals surface area contributed by atoms with Crippen molar-refractivity contribution in [2.75, 3.05) is 0 Å². The second-order valence-electron chi connectivity index (χ2n) is 6.12. The molecule has 21 heavy (non-hydrogen) atoms. The fourth-order valence-corrected chi connectivity index (χ4v) is 2.09. The van der Waals surface area contributed by atoms with E-state index in [2.05, 4.69) is 9.97 Å². The van der Waals surface area contributed by atoms with Gasteiger partial charge in [-0.3, -0.25) is 0 Å². The number of nitrogens with zero attached hydrogens (tertiary/aromatic N) is 2. The summed E-state index contributed by atoms with van der Waals surface area (Å²) in [5.41, 5.74) is 0.880. The van der Waals surface area contributed by atoms with Crippen LogP contribution >= 0.6 is 11.6 Å². The molecule has 0 aliphatic rings. The van der Waals surface area contributed by atoms with E-state index in [0.29, 0.717) is 17.1 Å². The van der Waals surface area contributed by atoms with Gasteiger partial charge in [0.05, 0.1) is 5.69 Å². The number of hydrogen-bond acceptors (Lipinski definition) is 2. The van der Waals surface area contributed by atoms with Gasteiger partial charge in [-0.15, -0.1) is 0 Å². The minimum Gasteiger partial charge on any atom is -0.232 e. The Hall–Kier alpha value is -1.55. The summed E-state index contributed by atoms with van der Waals surface area (Å²) in [5, 5.41) is 0.255. The van der Waals surface area contributed by atoms with Gasteiger partial charge in [0.2, 0.25) is 0 Å². The van der Waals surface area contributed by atoms with Crippen LogP contribution in [0.5, 0.6) is 0 Å². The van der Waals surface area contributed by atoms with Gasteiger partial charge in [0.25, 0.3) is 0 Å². The van der Waals surface area contributed by atoms with E-state index < -0.39 is 11.6 Å². The minimum absolute atomic E-state index is 0.102. The van der Waals surface area contributed by atoms with E-state index in [-0.39, 0.29) is 21.7 Å². The Balaban J connectivity index is 2.75. The fraction of sp³-hybridized carbons (Fsp3) is 0.375. The van der Waals surface area contributed by atoms with E-state index in [9.17, 15) is 8.78 Å². The van der Waals surface area contributed by atoms with E-state index >= 15 is 0 Å². The van der Waals surface area contributed by atoms with Gasteiger partial charge >= 0.3 is 0 Å². The lowest BCUT2D eigenvalue weighted by atomic mass is 9.95. The topological polar surface area (TPSA) is 25.8 Å². The third-order valence-electron chi connectivity index (χ3n) is 3.29. The summed E-state index contributed by atoms with van der Waals surface area (Å²) in [6.45, 7) is 9.02. The van der Waals surface area contributed by atoms with Crippen LogP contribution in [0.1, 0.15) is 37.7 Å². The molecule has 0 saturated carbocycles. The van der Waals surface area contributed by atoms with Gasteiger partial charge in [-0.05, 0) is 25.5 Å². The van der Waals surface area contributed by atoms with Crippen molar-refractivity contribution in [3.63, 3.8) is 0 Å². The van der Waals surface area contributed by atoms with Crippen molar-refractivity contribution < 1.29 is 8.78 Å². The number of aryl methyl sites for hydroxylation is 1. The molecule has 0 amide bonds. The predicted octanol–water partition coefficient (Wildman–Crippen LogP) is 4.99. The van der Waals surface area contributed by atoms with Crippen molar-refractivity contribution in [3.8, 4) is 11.3 Å². The molecule has 0 radical (unpaired) electrons. The van der Waals surface area contributed by atoms with Crippen molar-refractivity contribution in [2.24, 2.45) is 0 Å². The lowest BCUT2D eigenvalue weighted by Gasteiger charge is -2.19. The molecule has 5 heteroatoms. The standard InChI is InChI=1S/C16H17ClF2N2/c1-8-6-7-10(12(19)11(8)18)13-9(2)14(17)21-15(20-13)16(3,4)5/h6-7H,1-5H3. The Labute approximate surface area is 128 Å². The molecule has 0 aliphatic heterocycles. The van der Waals surface area contributed by atoms with Crippen molar-refractivity contribution in [1.82, 2.24) is 9.97 Å². The molecule has 0 spiro atoms. The lowest BCUT2D eigenvalue weighted by Crippen LogP contribution is -2.17. The average molecular weight is 311 g/mol. The molecule has 1 aromatic carbocycles. The molecule has 0 N–H and O–H groups in total. The first-order chi connectivity index (χ1) is 9.62. The van der Waals surface area contributed by atoms with E-state index in [0.717, 1.165) is 0 Å². The van der Waals surface area contributed by atoms with Crippen LogP contribution in [0.3, 0.4) is 0 Å². The molecule has 2 aromatic rings. The smallest absolute Gasteiger partial charge is 0.168 e. The highest BCUT2D eigenvalue weighted by atomic mass is 35.5. The van der Waals surface area contributed by atoms with Crippen LogP contribution in [0.25, 0.3) is 11.3 Å². The maximum absolute atomic E-state index is 14.2. The quantitative estimate of drug-likeness (QED) is 0.693. The third kappa shape index (κ3) is 2.91. The maximum atomic E-state index is 14.2. The molecular formula is C16H17ClF2N2. The second-order valence-corrected chi connectivity index (χ2v) is 6.48. The Bertz CT molecular complexity index is 706. The first-order valence-electron chi connectivity index (χ1n) is 6.62. The largest absolute Gasteiger partial charge is 0.232 e. The highest BCUT2D eigenvalue weighted by Crippen LogP contribution is 2.32. The fourth-order valence-electron chi connectivity index (χ4n) is 1.92. The molecule has 0 saturated heterocycles. The SMILES string of the molecule is Cc1ccc(-c2nc(C(C)(C)C)nc(Cl)c2C)c(F)c1F. The zero-order valence-corrected chi connectivity index (χ0v) is 13.4. The van der Waals surface area contributed by atoms with Crippen LogP contribution in [-0.4, -0.2) is 9.97 Å². The minimum atomic E-state index is -0.910. The van der Waals surface area contributed by atoms with E-state index in [1.807, 2.05) is 20.8 Å². The molecule has 0 fully saturated rings. The second kappa shape index (κ2) is 5.34. The molecule has 0 aliphatic carbocycles. The van der Waals surface area contributed by atoms with E-state index in [1.165, 1.54) is 19.1 Å². The van der Waals surface area contributed by atoms with Crippen molar-refractivity contribution in [1.29, 1.82) is 0 Å². The highest BCUT2D eigenvalue weighted by Gasteiger charge is 2.23. The molecule has 112 valence electrons. The molecule has 0 unspecified atom stereocenters. The lowest BCUT2D eigenvalue weighted by molar-refractivity contribution is 0.504. The van der Waals surface area contributed by atoms with E-state index in [4.69, 9.17) is 11.6 Å². The summed E-state index contributed by atoms with van der Waals surface area (Å²) in [4.78, 5) is 8.64. The average Bonchev–Trinajstić information content (AvgIpc) is 2.39. The third-order valence-corrected chi connectivity index (χ3v) is 3.66. The summed E-state index contributed by atoms with van der Waals surface area (Å²) in [5.74, 6) is -1.28. The zero-order chi connectivity index (χ0) is 15.9. The number of rotatable bonds is 1. The Morgan fingerprint density at radius 3 is 2.19 bits per heavy atom. The Kier molecular flexibility index (Phi) is 4.02. The van der Waals surface area contributed by atoms with Gasteiger partial charge in [0.1, 0.15) is 11.0 Å². The van der Waals surface area contributed by atoms with Gasteiger partial charge in [-0.25, -0.2) is 18.7 Å². The van der Waals surface area contributed by atoms with Crippen LogP contribution in [0.15, 0.2) is 12.1 Å². The van der Waals surface area contributed by atoms with Crippen LogP contribution in [0, 0.1) is 25.5 Å². The van der Waals surface area contributed by atoms with Gasteiger partial charge in [0.15, 0.2) is 11.6 Å². The normalized spacial score (nSPS) is 11.8. The molecule has 0 bridgehead atoms. The first kappa shape index (κ1) is 15.8. The van der Waals surface area contributed by atoms with Crippen LogP contribution in [0.4, 0.5) is 8.78 Å². The van der Waals surface area contributed by atoms with Gasteiger partial charge in [-0.1, -0.05) is 38.4 Å². The van der Waals surface area contributed by atoms with Crippen molar-refractivity contribution in [2.45, 2.75) is 40.0 Å². The number of benzene rings is 1. The summed E-state index contributed by atoms with van der Waals surface area (Å²) in [6.07, 6.45) is 0. The summed E-state index contributed by atoms with van der Waals surface area (Å²) >= 11 is 6.13. The summed E-state index contributed by atoms with van der Waals surface area (Å²) in [6, 6.07) is 3.05. The maximum Gasteiger partial charge on any atom is 0.168 e. The highest BCUT2D eigenvalue weighted by molar-refractivity contribution is 6.30. The number of aromatic nitrogens is 2. The van der Waals surface area contributed by atoms with Gasteiger partial charge in [-0.2, -0.15) is 0 Å². The molecular weight excluding hydrogens is 294 g/mol.